The van der Waals surface area contributed by atoms with Gasteiger partial charge in [0.05, 0.1) is 17.6 Å². The average molecular weight is 451 g/mol. The molecule has 2 heterocycles. The van der Waals surface area contributed by atoms with Crippen LogP contribution in [-0.4, -0.2) is 27.8 Å². The molecule has 33 heavy (non-hydrogen) atoms. The van der Waals surface area contributed by atoms with Crippen molar-refractivity contribution in [3.8, 4) is 16.9 Å². The van der Waals surface area contributed by atoms with Crippen molar-refractivity contribution in [3.05, 3.63) is 82.5 Å². The van der Waals surface area contributed by atoms with Gasteiger partial charge in [-0.2, -0.15) is 8.78 Å². The maximum atomic E-state index is 12.9. The number of halogens is 2. The van der Waals surface area contributed by atoms with Crippen LogP contribution in [0.15, 0.2) is 65.6 Å². The number of pyridine rings is 1. The lowest BCUT2D eigenvalue weighted by Gasteiger charge is -2.14. The summed E-state index contributed by atoms with van der Waals surface area (Å²) >= 11 is 0. The van der Waals surface area contributed by atoms with Crippen LogP contribution >= 0.6 is 0 Å². The molecule has 1 aliphatic carbocycles. The first-order valence-corrected chi connectivity index (χ1v) is 10.9. The number of hydrogen-bond donors (Lipinski definition) is 1. The molecule has 1 saturated carbocycles. The summed E-state index contributed by atoms with van der Waals surface area (Å²) in [5, 5.41) is 0. The summed E-state index contributed by atoms with van der Waals surface area (Å²) in [4.78, 5) is 18.9. The molecule has 4 aromatic rings. The molecule has 2 aromatic carbocycles. The summed E-state index contributed by atoms with van der Waals surface area (Å²) in [6, 6.07) is 15.8. The smallest absolute Gasteiger partial charge is 0.387 e. The Labute approximate surface area is 188 Å². The van der Waals surface area contributed by atoms with Crippen LogP contribution in [0.1, 0.15) is 24.2 Å². The molecule has 0 aliphatic heterocycles. The van der Waals surface area contributed by atoms with Crippen LogP contribution in [0.5, 0.6) is 5.75 Å². The van der Waals surface area contributed by atoms with E-state index in [1.807, 2.05) is 22.8 Å². The fraction of sp³-hybridized carbons (Fsp3) is 0.280. The Morgan fingerprint density at radius 3 is 2.67 bits per heavy atom. The summed E-state index contributed by atoms with van der Waals surface area (Å²) in [6.07, 6.45) is 4.05. The maximum Gasteiger partial charge on any atom is 0.387 e. The van der Waals surface area contributed by atoms with Gasteiger partial charge in [-0.15, -0.1) is 0 Å². The number of aromatic nitrogens is 3. The second kappa shape index (κ2) is 9.15. The minimum atomic E-state index is -2.90. The van der Waals surface area contributed by atoms with E-state index < -0.39 is 6.61 Å². The lowest BCUT2D eigenvalue weighted by Crippen LogP contribution is -2.10. The third-order valence-electron chi connectivity index (χ3n) is 5.74. The number of hydrogen-bond acceptors (Lipinski definition) is 4. The van der Waals surface area contributed by atoms with Gasteiger partial charge in [0.25, 0.3) is 0 Å². The van der Waals surface area contributed by atoms with Gasteiger partial charge in [0.1, 0.15) is 18.2 Å². The highest BCUT2D eigenvalue weighted by atomic mass is 19.3. The predicted molar refractivity (Wildman–Crippen MR) is 120 cm³/mol. The van der Waals surface area contributed by atoms with Crippen LogP contribution in [0.25, 0.3) is 22.2 Å². The lowest BCUT2D eigenvalue weighted by molar-refractivity contribution is -0.0504. The number of imidazole rings is 1. The third kappa shape index (κ3) is 4.96. The van der Waals surface area contributed by atoms with Crippen molar-refractivity contribution < 1.29 is 18.3 Å². The molecule has 170 valence electrons. The van der Waals surface area contributed by atoms with E-state index in [1.54, 1.807) is 30.5 Å². The van der Waals surface area contributed by atoms with Gasteiger partial charge >= 0.3 is 6.61 Å². The maximum absolute atomic E-state index is 12.9. The molecule has 0 radical (unpaired) electrons. The van der Waals surface area contributed by atoms with Crippen LogP contribution in [-0.2, 0) is 17.9 Å². The zero-order valence-electron chi connectivity index (χ0n) is 17.8. The molecular weight excluding hydrogens is 428 g/mol. The molecule has 0 atom stereocenters. The van der Waals surface area contributed by atoms with E-state index in [1.165, 1.54) is 25.0 Å². The van der Waals surface area contributed by atoms with Crippen LogP contribution in [0, 0.1) is 5.92 Å². The molecule has 0 spiro atoms. The number of nitrogens with zero attached hydrogens (tertiary/aromatic N) is 2. The molecule has 1 N–H and O–H groups in total. The molecule has 0 saturated heterocycles. The molecule has 1 fully saturated rings. The van der Waals surface area contributed by atoms with Crippen LogP contribution < -0.4 is 10.3 Å². The number of fused-ring (bicyclic) bond motifs is 1. The van der Waals surface area contributed by atoms with Crippen molar-refractivity contribution in [2.45, 2.75) is 32.6 Å². The van der Waals surface area contributed by atoms with E-state index in [4.69, 9.17) is 14.5 Å². The topological polar surface area (TPSA) is 69.1 Å². The quantitative estimate of drug-likeness (QED) is 0.390. The van der Waals surface area contributed by atoms with Gasteiger partial charge in [0.2, 0.25) is 5.56 Å². The molecule has 2 aromatic heterocycles. The largest absolute Gasteiger partial charge is 0.434 e. The number of benzene rings is 2. The highest BCUT2D eigenvalue weighted by Gasteiger charge is 2.22. The first-order chi connectivity index (χ1) is 16.1. The van der Waals surface area contributed by atoms with E-state index in [-0.39, 0.29) is 11.3 Å². The Bertz CT molecular complexity index is 1310. The SMILES string of the molecule is O=c1ccc(-c2ccc3nc(COCC4CC4)n(Cc4ccccc4OC(F)F)c3c2)c[nH]1. The fourth-order valence-electron chi connectivity index (χ4n) is 3.85. The Balaban J connectivity index is 1.54. The lowest BCUT2D eigenvalue weighted by atomic mass is 10.1. The number of nitrogens with one attached hydrogen (secondary N) is 1. The van der Waals surface area contributed by atoms with E-state index in [0.717, 1.165) is 28.0 Å². The molecule has 5 rings (SSSR count). The van der Waals surface area contributed by atoms with Crippen molar-refractivity contribution in [2.75, 3.05) is 6.61 Å². The van der Waals surface area contributed by atoms with Gasteiger partial charge in [0, 0.05) is 24.4 Å². The molecule has 6 nitrogen and oxygen atoms in total. The molecule has 1 aliphatic rings. The minimum absolute atomic E-state index is 0.135. The van der Waals surface area contributed by atoms with E-state index >= 15 is 0 Å². The van der Waals surface area contributed by atoms with Gasteiger partial charge < -0.3 is 19.0 Å². The van der Waals surface area contributed by atoms with E-state index in [9.17, 15) is 13.6 Å². The minimum Gasteiger partial charge on any atom is -0.434 e. The van der Waals surface area contributed by atoms with Crippen molar-refractivity contribution in [3.63, 3.8) is 0 Å². The summed E-state index contributed by atoms with van der Waals surface area (Å²) < 4.78 is 38.5. The molecule has 0 unspecified atom stereocenters. The molecule has 0 amide bonds. The Hall–Kier alpha value is -3.52. The van der Waals surface area contributed by atoms with E-state index in [2.05, 4.69) is 4.98 Å². The summed E-state index contributed by atoms with van der Waals surface area (Å²) in [6.45, 7) is -1.58. The second-order valence-electron chi connectivity index (χ2n) is 8.20. The monoisotopic (exact) mass is 451 g/mol. The van der Waals surface area contributed by atoms with Crippen LogP contribution in [0.2, 0.25) is 0 Å². The highest BCUT2D eigenvalue weighted by Crippen LogP contribution is 2.30. The van der Waals surface area contributed by atoms with Crippen LogP contribution in [0.3, 0.4) is 0 Å². The van der Waals surface area contributed by atoms with Gasteiger partial charge in [0.15, 0.2) is 0 Å². The number of ether oxygens (including phenoxy) is 2. The van der Waals surface area contributed by atoms with E-state index in [0.29, 0.717) is 31.2 Å². The molecule has 8 heteroatoms. The van der Waals surface area contributed by atoms with Crippen molar-refractivity contribution in [2.24, 2.45) is 5.92 Å². The Morgan fingerprint density at radius 1 is 1.09 bits per heavy atom. The number of H-pyrrole nitrogens is 1. The van der Waals surface area contributed by atoms with Crippen molar-refractivity contribution in [1.29, 1.82) is 0 Å². The summed E-state index contributed by atoms with van der Waals surface area (Å²) in [5.41, 5.74) is 3.83. The number of alkyl halides is 2. The molecular formula is C25H23F2N3O3. The number of aromatic amines is 1. The van der Waals surface area contributed by atoms with Crippen LogP contribution in [0.4, 0.5) is 8.78 Å². The Kier molecular flexibility index (Phi) is 5.92. The highest BCUT2D eigenvalue weighted by molar-refractivity contribution is 5.82. The van der Waals surface area contributed by atoms with Crippen molar-refractivity contribution >= 4 is 11.0 Å². The fourth-order valence-corrected chi connectivity index (χ4v) is 3.85. The third-order valence-corrected chi connectivity index (χ3v) is 5.74. The predicted octanol–water partition coefficient (Wildman–Crippen LogP) is 4.97. The van der Waals surface area contributed by atoms with Crippen molar-refractivity contribution in [1.82, 2.24) is 14.5 Å². The van der Waals surface area contributed by atoms with Gasteiger partial charge in [-0.05, 0) is 54.2 Å². The van der Waals surface area contributed by atoms with Gasteiger partial charge in [-0.1, -0.05) is 24.3 Å². The standard InChI is InChI=1S/C25H23F2N3O3/c26-25(27)33-22-4-2-1-3-19(22)13-30-21-11-17(18-8-10-24(31)28-12-18)7-9-20(21)29-23(30)15-32-14-16-5-6-16/h1-4,7-12,16,25H,5-6,13-15H2,(H,28,31). The zero-order valence-corrected chi connectivity index (χ0v) is 17.8. The average Bonchev–Trinajstić information content (AvgIpc) is 3.57. The normalized spacial score (nSPS) is 13.7. The summed E-state index contributed by atoms with van der Waals surface area (Å²) in [7, 11) is 0. The van der Waals surface area contributed by atoms with Gasteiger partial charge in [-0.25, -0.2) is 4.98 Å². The summed E-state index contributed by atoms with van der Waals surface area (Å²) in [5.74, 6) is 1.47. The number of para-hydroxylation sites is 1. The number of rotatable bonds is 9. The zero-order chi connectivity index (χ0) is 22.8. The first kappa shape index (κ1) is 21.3. The Morgan fingerprint density at radius 2 is 1.91 bits per heavy atom. The first-order valence-electron chi connectivity index (χ1n) is 10.9. The van der Waals surface area contributed by atoms with Gasteiger partial charge in [-0.3, -0.25) is 4.79 Å². The molecule has 0 bridgehead atoms. The second-order valence-corrected chi connectivity index (χ2v) is 8.20.